The Bertz CT molecular complexity index is 1290. The maximum Gasteiger partial charge on any atom is 0.307 e. The number of rotatable bonds is 7. The first-order valence-corrected chi connectivity index (χ1v) is 12.2. The Balaban J connectivity index is 1.26. The third-order valence-electron chi connectivity index (χ3n) is 6.19. The van der Waals surface area contributed by atoms with Gasteiger partial charge in [-0.15, -0.1) is 11.3 Å². The standard InChI is InChI=1S/C23H19N3O5S2/c27-21(19-13-3-4-14(9-13)20(19)22(28)29)24-15-5-8-17-18(10-15)33-23(25-17)32-11-12-1-6-16(7-2-12)26(30)31/h1-8,10,13-14,19-20H,9,11H2,(H,24,27)(H,28,29)/t13-,14-,19+,20-/m0/s1. The molecule has 1 saturated carbocycles. The van der Waals surface area contributed by atoms with Crippen LogP contribution in [0.25, 0.3) is 10.2 Å². The minimum absolute atomic E-state index is 0.0225. The first-order chi connectivity index (χ1) is 15.9. The van der Waals surface area contributed by atoms with E-state index in [0.29, 0.717) is 11.4 Å². The maximum absolute atomic E-state index is 12.9. The summed E-state index contributed by atoms with van der Waals surface area (Å²) in [6.07, 6.45) is 4.61. The quantitative estimate of drug-likeness (QED) is 0.212. The largest absolute Gasteiger partial charge is 0.481 e. The number of nitrogens with one attached hydrogen (secondary N) is 1. The Labute approximate surface area is 196 Å². The van der Waals surface area contributed by atoms with Gasteiger partial charge in [-0.1, -0.05) is 36.0 Å². The number of amides is 1. The summed E-state index contributed by atoms with van der Waals surface area (Å²) in [6.45, 7) is 0. The van der Waals surface area contributed by atoms with Gasteiger partial charge in [0.2, 0.25) is 5.91 Å². The molecule has 4 atom stereocenters. The van der Waals surface area contributed by atoms with E-state index in [1.54, 1.807) is 30.0 Å². The van der Waals surface area contributed by atoms with E-state index in [1.165, 1.54) is 23.5 Å². The lowest BCUT2D eigenvalue weighted by atomic mass is 9.82. The van der Waals surface area contributed by atoms with Crippen molar-refractivity contribution in [1.82, 2.24) is 4.98 Å². The van der Waals surface area contributed by atoms with Gasteiger partial charge in [0.05, 0.1) is 27.0 Å². The van der Waals surface area contributed by atoms with Crippen molar-refractivity contribution in [2.75, 3.05) is 5.32 Å². The summed E-state index contributed by atoms with van der Waals surface area (Å²) in [5.41, 5.74) is 2.47. The van der Waals surface area contributed by atoms with E-state index < -0.39 is 22.7 Å². The second-order valence-corrected chi connectivity index (χ2v) is 10.5. The number of carbonyl (C=O) groups is 2. The van der Waals surface area contributed by atoms with Gasteiger partial charge < -0.3 is 10.4 Å². The molecule has 0 aliphatic heterocycles. The van der Waals surface area contributed by atoms with Crippen LogP contribution >= 0.6 is 23.1 Å². The first kappa shape index (κ1) is 21.6. The van der Waals surface area contributed by atoms with Crippen LogP contribution in [0, 0.1) is 33.8 Å². The smallest absolute Gasteiger partial charge is 0.307 e. The van der Waals surface area contributed by atoms with E-state index in [2.05, 4.69) is 10.3 Å². The van der Waals surface area contributed by atoms with Crippen LogP contribution in [0.3, 0.4) is 0 Å². The number of thioether (sulfide) groups is 1. The van der Waals surface area contributed by atoms with Crippen LogP contribution in [-0.4, -0.2) is 26.9 Å². The number of carbonyl (C=O) groups excluding carboxylic acids is 1. The molecule has 8 nitrogen and oxygen atoms in total. The third kappa shape index (κ3) is 4.23. The molecule has 2 aliphatic rings. The van der Waals surface area contributed by atoms with Gasteiger partial charge >= 0.3 is 5.97 Å². The second kappa shape index (κ2) is 8.60. The van der Waals surface area contributed by atoms with E-state index in [1.807, 2.05) is 24.3 Å². The molecule has 1 aromatic heterocycles. The predicted octanol–water partition coefficient (Wildman–Crippen LogP) is 4.96. The number of hydrogen-bond acceptors (Lipinski definition) is 7. The fraction of sp³-hybridized carbons (Fsp3) is 0.261. The van der Waals surface area contributed by atoms with E-state index in [9.17, 15) is 24.8 Å². The van der Waals surface area contributed by atoms with Gasteiger partial charge in [0.15, 0.2) is 4.34 Å². The highest BCUT2D eigenvalue weighted by atomic mass is 32.2. The van der Waals surface area contributed by atoms with E-state index in [0.717, 1.165) is 26.5 Å². The molecule has 168 valence electrons. The number of hydrogen-bond donors (Lipinski definition) is 2. The Morgan fingerprint density at radius 1 is 1.15 bits per heavy atom. The molecule has 2 aromatic carbocycles. The molecule has 3 aromatic rings. The van der Waals surface area contributed by atoms with Crippen molar-refractivity contribution in [2.24, 2.45) is 23.7 Å². The zero-order valence-corrected chi connectivity index (χ0v) is 18.8. The summed E-state index contributed by atoms with van der Waals surface area (Å²) in [6, 6.07) is 11.9. The lowest BCUT2D eigenvalue weighted by molar-refractivity contribution is -0.384. The normalized spacial score (nSPS) is 23.2. The molecule has 0 spiro atoms. The monoisotopic (exact) mass is 481 g/mol. The molecule has 2 N–H and O–H groups in total. The van der Waals surface area contributed by atoms with Crippen LogP contribution in [0.1, 0.15) is 12.0 Å². The Kier molecular flexibility index (Phi) is 5.63. The number of benzene rings is 2. The Hall–Kier alpha value is -3.24. The highest BCUT2D eigenvalue weighted by Crippen LogP contribution is 2.48. The molecule has 33 heavy (non-hydrogen) atoms. The van der Waals surface area contributed by atoms with Gasteiger partial charge in [-0.05, 0) is 42.0 Å². The molecule has 0 saturated heterocycles. The number of non-ortho nitro benzene ring substituents is 1. The molecule has 2 aliphatic carbocycles. The number of allylic oxidation sites excluding steroid dienone is 2. The summed E-state index contributed by atoms with van der Waals surface area (Å²) in [4.78, 5) is 39.6. The number of carboxylic acid groups (broad SMARTS) is 1. The van der Waals surface area contributed by atoms with E-state index in [-0.39, 0.29) is 23.4 Å². The summed E-state index contributed by atoms with van der Waals surface area (Å²) < 4.78 is 1.78. The molecule has 0 unspecified atom stereocenters. The van der Waals surface area contributed by atoms with Crippen molar-refractivity contribution in [3.63, 3.8) is 0 Å². The SMILES string of the molecule is O=C(O)[C@@H]1[C@H](C(=O)Nc2ccc3nc(SCc4ccc([N+](=O)[O-])cc4)sc3c2)[C@H]2C=C[C@H]1C2. The van der Waals surface area contributed by atoms with Crippen molar-refractivity contribution >= 4 is 56.6 Å². The van der Waals surface area contributed by atoms with Crippen LogP contribution in [0.15, 0.2) is 59.0 Å². The average Bonchev–Trinajstić information content (AvgIpc) is 3.51. The lowest BCUT2D eigenvalue weighted by Crippen LogP contribution is -2.36. The average molecular weight is 482 g/mol. The molecule has 1 amide bonds. The Morgan fingerprint density at radius 2 is 1.88 bits per heavy atom. The van der Waals surface area contributed by atoms with Gasteiger partial charge in [0.1, 0.15) is 0 Å². The minimum atomic E-state index is -0.917. The van der Waals surface area contributed by atoms with Gasteiger partial charge in [0.25, 0.3) is 5.69 Å². The number of anilines is 1. The van der Waals surface area contributed by atoms with Crippen molar-refractivity contribution in [1.29, 1.82) is 0 Å². The zero-order chi connectivity index (χ0) is 23.1. The van der Waals surface area contributed by atoms with Gasteiger partial charge in [-0.3, -0.25) is 19.7 Å². The third-order valence-corrected chi connectivity index (χ3v) is 8.43. The fourth-order valence-electron chi connectivity index (χ4n) is 4.64. The zero-order valence-electron chi connectivity index (χ0n) is 17.2. The molecular weight excluding hydrogens is 462 g/mol. The van der Waals surface area contributed by atoms with E-state index >= 15 is 0 Å². The number of nitrogens with zero attached hydrogens (tertiary/aromatic N) is 2. The van der Waals surface area contributed by atoms with Crippen molar-refractivity contribution in [2.45, 2.75) is 16.5 Å². The molecule has 1 fully saturated rings. The number of nitro benzene ring substituents is 1. The number of aliphatic carboxylic acids is 1. The predicted molar refractivity (Wildman–Crippen MR) is 126 cm³/mol. The molecular formula is C23H19N3O5S2. The molecule has 1 heterocycles. The highest BCUT2D eigenvalue weighted by Gasteiger charge is 2.51. The summed E-state index contributed by atoms with van der Waals surface area (Å²) in [7, 11) is 0. The maximum atomic E-state index is 12.9. The van der Waals surface area contributed by atoms with Gasteiger partial charge in [0, 0.05) is 23.6 Å². The topological polar surface area (TPSA) is 122 Å². The molecule has 5 rings (SSSR count). The van der Waals surface area contributed by atoms with Crippen LogP contribution in [0.5, 0.6) is 0 Å². The van der Waals surface area contributed by atoms with Gasteiger partial charge in [-0.25, -0.2) is 4.98 Å². The molecule has 0 radical (unpaired) electrons. The summed E-state index contributed by atoms with van der Waals surface area (Å²) >= 11 is 3.05. The van der Waals surface area contributed by atoms with Crippen molar-refractivity contribution in [3.05, 3.63) is 70.3 Å². The Morgan fingerprint density at radius 3 is 2.58 bits per heavy atom. The van der Waals surface area contributed by atoms with Crippen LogP contribution in [-0.2, 0) is 15.3 Å². The number of thiazole rings is 1. The van der Waals surface area contributed by atoms with Gasteiger partial charge in [-0.2, -0.15) is 0 Å². The summed E-state index contributed by atoms with van der Waals surface area (Å²) in [5.74, 6) is -1.85. The number of fused-ring (bicyclic) bond motifs is 3. The van der Waals surface area contributed by atoms with Crippen LogP contribution in [0.4, 0.5) is 11.4 Å². The number of aromatic nitrogens is 1. The van der Waals surface area contributed by atoms with Crippen molar-refractivity contribution < 1.29 is 19.6 Å². The molecule has 2 bridgehead atoms. The van der Waals surface area contributed by atoms with Crippen molar-refractivity contribution in [3.8, 4) is 0 Å². The second-order valence-electron chi connectivity index (χ2n) is 8.20. The van der Waals surface area contributed by atoms with E-state index in [4.69, 9.17) is 0 Å². The highest BCUT2D eigenvalue weighted by molar-refractivity contribution is 8.00. The minimum Gasteiger partial charge on any atom is -0.481 e. The first-order valence-electron chi connectivity index (χ1n) is 10.4. The number of nitro groups is 1. The van der Waals surface area contributed by atoms with Crippen LogP contribution < -0.4 is 5.32 Å². The summed E-state index contributed by atoms with van der Waals surface area (Å²) in [5, 5.41) is 23.3. The lowest BCUT2D eigenvalue weighted by Gasteiger charge is -2.23. The number of carboxylic acids is 1. The molecule has 10 heteroatoms. The van der Waals surface area contributed by atoms with Crippen LogP contribution in [0.2, 0.25) is 0 Å². The fourth-order valence-corrected chi connectivity index (χ4v) is 6.71.